The highest BCUT2D eigenvalue weighted by Gasteiger charge is 2.32. The van der Waals surface area contributed by atoms with Gasteiger partial charge in [0, 0.05) is 5.75 Å². The lowest BCUT2D eigenvalue weighted by Crippen LogP contribution is -2.59. The SMILES string of the molecule is CC(C)CC(NC(=O)C(NC(=O)C(CS)NC(=O)C1CCCN1)C(C)C)C(=O)O. The number of carboxylic acids is 1. The number of hydrogen-bond donors (Lipinski definition) is 6. The number of carbonyl (C=O) groups is 4. The molecule has 166 valence electrons. The summed E-state index contributed by atoms with van der Waals surface area (Å²) in [5, 5.41) is 20.2. The number of aliphatic carboxylic acids is 1. The zero-order valence-corrected chi connectivity index (χ0v) is 18.4. The number of thiol groups is 1. The summed E-state index contributed by atoms with van der Waals surface area (Å²) < 4.78 is 0. The topological polar surface area (TPSA) is 137 Å². The maximum absolute atomic E-state index is 12.7. The molecule has 0 aromatic rings. The highest BCUT2D eigenvalue weighted by molar-refractivity contribution is 7.80. The van der Waals surface area contributed by atoms with E-state index in [1.165, 1.54) is 0 Å². The molecule has 1 heterocycles. The van der Waals surface area contributed by atoms with Crippen LogP contribution in [0.3, 0.4) is 0 Å². The maximum atomic E-state index is 12.7. The molecule has 1 aliphatic heterocycles. The van der Waals surface area contributed by atoms with Crippen molar-refractivity contribution in [1.29, 1.82) is 0 Å². The predicted molar refractivity (Wildman–Crippen MR) is 113 cm³/mol. The lowest BCUT2D eigenvalue weighted by Gasteiger charge is -2.27. The van der Waals surface area contributed by atoms with Crippen LogP contribution in [0.25, 0.3) is 0 Å². The molecule has 0 bridgehead atoms. The normalized spacial score (nSPS) is 19.5. The molecule has 0 saturated carbocycles. The maximum Gasteiger partial charge on any atom is 0.326 e. The fourth-order valence-electron chi connectivity index (χ4n) is 3.12. The van der Waals surface area contributed by atoms with Gasteiger partial charge in [-0.25, -0.2) is 4.79 Å². The van der Waals surface area contributed by atoms with E-state index < -0.39 is 35.9 Å². The van der Waals surface area contributed by atoms with E-state index in [9.17, 15) is 24.3 Å². The van der Waals surface area contributed by atoms with E-state index >= 15 is 0 Å². The average molecular weight is 431 g/mol. The second-order valence-corrected chi connectivity index (χ2v) is 8.52. The molecule has 4 unspecified atom stereocenters. The smallest absolute Gasteiger partial charge is 0.326 e. The minimum Gasteiger partial charge on any atom is -0.480 e. The lowest BCUT2D eigenvalue weighted by molar-refractivity contribution is -0.143. The first-order chi connectivity index (χ1) is 13.6. The molecule has 10 heteroatoms. The van der Waals surface area contributed by atoms with Crippen LogP contribution in [0.5, 0.6) is 0 Å². The van der Waals surface area contributed by atoms with Gasteiger partial charge in [0.25, 0.3) is 0 Å². The van der Waals surface area contributed by atoms with Gasteiger partial charge >= 0.3 is 5.97 Å². The molecule has 1 fully saturated rings. The van der Waals surface area contributed by atoms with E-state index in [1.807, 2.05) is 13.8 Å². The Labute approximate surface area is 177 Å². The number of carboxylic acid groups (broad SMARTS) is 1. The van der Waals surface area contributed by atoms with E-state index in [2.05, 4.69) is 33.9 Å². The van der Waals surface area contributed by atoms with E-state index in [1.54, 1.807) is 13.8 Å². The van der Waals surface area contributed by atoms with Crippen LogP contribution in [0.4, 0.5) is 0 Å². The summed E-state index contributed by atoms with van der Waals surface area (Å²) in [5.41, 5.74) is 0. The van der Waals surface area contributed by atoms with Gasteiger partial charge in [-0.05, 0) is 37.6 Å². The lowest BCUT2D eigenvalue weighted by atomic mass is 10.00. The Morgan fingerprint density at radius 2 is 1.69 bits per heavy atom. The van der Waals surface area contributed by atoms with Crippen molar-refractivity contribution in [3.63, 3.8) is 0 Å². The molecule has 0 spiro atoms. The van der Waals surface area contributed by atoms with Crippen LogP contribution in [0, 0.1) is 11.8 Å². The van der Waals surface area contributed by atoms with Crippen LogP contribution in [0.1, 0.15) is 47.0 Å². The molecule has 9 nitrogen and oxygen atoms in total. The molecule has 3 amide bonds. The van der Waals surface area contributed by atoms with Crippen LogP contribution < -0.4 is 21.3 Å². The second-order valence-electron chi connectivity index (χ2n) is 8.15. The van der Waals surface area contributed by atoms with Crippen LogP contribution in [0.2, 0.25) is 0 Å². The molecule has 1 saturated heterocycles. The Hall–Kier alpha value is -1.81. The summed E-state index contributed by atoms with van der Waals surface area (Å²) >= 11 is 4.14. The van der Waals surface area contributed by atoms with Gasteiger partial charge in [0.05, 0.1) is 6.04 Å². The molecule has 29 heavy (non-hydrogen) atoms. The minimum absolute atomic E-state index is 0.0713. The molecule has 0 aliphatic carbocycles. The monoisotopic (exact) mass is 430 g/mol. The van der Waals surface area contributed by atoms with Crippen molar-refractivity contribution in [3.8, 4) is 0 Å². The van der Waals surface area contributed by atoms with Crippen LogP contribution in [0.15, 0.2) is 0 Å². The van der Waals surface area contributed by atoms with Crippen LogP contribution in [-0.4, -0.2) is 65.3 Å². The molecular formula is C19H34N4O5S. The Morgan fingerprint density at radius 3 is 2.14 bits per heavy atom. The predicted octanol–water partition coefficient (Wildman–Crippen LogP) is -0.0907. The van der Waals surface area contributed by atoms with Gasteiger partial charge in [0.15, 0.2) is 0 Å². The van der Waals surface area contributed by atoms with Gasteiger partial charge in [0.1, 0.15) is 18.1 Å². The van der Waals surface area contributed by atoms with Gasteiger partial charge in [-0.1, -0.05) is 27.7 Å². The molecule has 0 radical (unpaired) electrons. The summed E-state index contributed by atoms with van der Waals surface area (Å²) in [5.74, 6) is -2.62. The van der Waals surface area contributed by atoms with Crippen molar-refractivity contribution >= 4 is 36.3 Å². The number of hydrogen-bond acceptors (Lipinski definition) is 6. The van der Waals surface area contributed by atoms with Crippen molar-refractivity contribution in [2.75, 3.05) is 12.3 Å². The van der Waals surface area contributed by atoms with Gasteiger partial charge < -0.3 is 26.4 Å². The standard InChI is InChI=1S/C19H34N4O5S/c1-10(2)8-13(19(27)28)21-18(26)15(11(3)4)23-17(25)14(9-29)22-16(24)12-6-5-7-20-12/h10-15,20,29H,5-9H2,1-4H3,(H,21,26)(H,22,24)(H,23,25)(H,27,28). The molecular weight excluding hydrogens is 396 g/mol. The molecule has 1 aliphatic rings. The van der Waals surface area contributed by atoms with E-state index in [0.29, 0.717) is 6.42 Å². The molecule has 5 N–H and O–H groups in total. The summed E-state index contributed by atoms with van der Waals surface area (Å²) in [7, 11) is 0. The largest absolute Gasteiger partial charge is 0.480 e. The molecule has 0 aromatic carbocycles. The number of amides is 3. The first-order valence-electron chi connectivity index (χ1n) is 10.0. The zero-order chi connectivity index (χ0) is 22.1. The van der Waals surface area contributed by atoms with Crippen molar-refractivity contribution in [1.82, 2.24) is 21.3 Å². The highest BCUT2D eigenvalue weighted by Crippen LogP contribution is 2.09. The Balaban J connectivity index is 2.76. The highest BCUT2D eigenvalue weighted by atomic mass is 32.1. The number of nitrogens with one attached hydrogen (secondary N) is 4. The number of rotatable bonds is 11. The van der Waals surface area contributed by atoms with E-state index in [-0.39, 0.29) is 36.0 Å². The third-order valence-corrected chi connectivity index (χ3v) is 5.13. The summed E-state index contributed by atoms with van der Waals surface area (Å²) in [6, 6.07) is -3.19. The zero-order valence-electron chi connectivity index (χ0n) is 17.5. The number of carbonyl (C=O) groups excluding carboxylic acids is 3. The van der Waals surface area contributed by atoms with E-state index in [0.717, 1.165) is 13.0 Å². The van der Waals surface area contributed by atoms with E-state index in [4.69, 9.17) is 0 Å². The fourth-order valence-corrected chi connectivity index (χ4v) is 3.38. The third-order valence-electron chi connectivity index (χ3n) is 4.76. The van der Waals surface area contributed by atoms with Gasteiger partial charge in [-0.3, -0.25) is 14.4 Å². The first-order valence-corrected chi connectivity index (χ1v) is 10.7. The van der Waals surface area contributed by atoms with Crippen LogP contribution >= 0.6 is 12.6 Å². The van der Waals surface area contributed by atoms with Crippen molar-refractivity contribution in [3.05, 3.63) is 0 Å². The summed E-state index contributed by atoms with van der Waals surface area (Å²) in [6.07, 6.45) is 1.88. The second kappa shape index (κ2) is 12.0. The Bertz CT molecular complexity index is 593. The van der Waals surface area contributed by atoms with Gasteiger partial charge in [0.2, 0.25) is 17.7 Å². The van der Waals surface area contributed by atoms with Crippen molar-refractivity contribution in [2.24, 2.45) is 11.8 Å². The first kappa shape index (κ1) is 25.2. The third kappa shape index (κ3) is 8.22. The van der Waals surface area contributed by atoms with Crippen molar-refractivity contribution in [2.45, 2.75) is 71.1 Å². The molecule has 0 aromatic heterocycles. The van der Waals surface area contributed by atoms with Crippen LogP contribution in [-0.2, 0) is 19.2 Å². The quantitative estimate of drug-likeness (QED) is 0.254. The van der Waals surface area contributed by atoms with Gasteiger partial charge in [-0.2, -0.15) is 12.6 Å². The molecule has 1 rings (SSSR count). The Kier molecular flexibility index (Phi) is 10.5. The van der Waals surface area contributed by atoms with Gasteiger partial charge in [-0.15, -0.1) is 0 Å². The fraction of sp³-hybridized carbons (Fsp3) is 0.789. The molecule has 4 atom stereocenters. The average Bonchev–Trinajstić information content (AvgIpc) is 3.17. The Morgan fingerprint density at radius 1 is 1.03 bits per heavy atom. The summed E-state index contributed by atoms with van der Waals surface area (Å²) in [6.45, 7) is 7.98. The summed E-state index contributed by atoms with van der Waals surface area (Å²) in [4.78, 5) is 49.0. The van der Waals surface area contributed by atoms with Crippen molar-refractivity contribution < 1.29 is 24.3 Å². The minimum atomic E-state index is -1.12.